The van der Waals surface area contributed by atoms with Crippen LogP contribution in [0, 0.1) is 11.6 Å². The fourth-order valence-corrected chi connectivity index (χ4v) is 1.92. The van der Waals surface area contributed by atoms with E-state index in [0.717, 1.165) is 23.8 Å². The number of aliphatic hydroxyl groups excluding tert-OH is 1. The highest BCUT2D eigenvalue weighted by atomic mass is 19.1. The summed E-state index contributed by atoms with van der Waals surface area (Å²) in [5.74, 6) is -1.18. The van der Waals surface area contributed by atoms with E-state index >= 15 is 0 Å². The Bertz CT molecular complexity index is 563. The largest absolute Gasteiger partial charge is 0.387 e. The highest BCUT2D eigenvalue weighted by molar-refractivity contribution is 5.21. The molecule has 1 aromatic carbocycles. The molecule has 0 aliphatic carbocycles. The van der Waals surface area contributed by atoms with E-state index in [1.807, 2.05) is 19.1 Å². The molecule has 0 fully saturated rings. The molecule has 20 heavy (non-hydrogen) atoms. The third-order valence-corrected chi connectivity index (χ3v) is 3.12. The molecule has 2 aromatic rings. The van der Waals surface area contributed by atoms with E-state index in [1.165, 1.54) is 0 Å². The summed E-state index contributed by atoms with van der Waals surface area (Å²) in [7, 11) is 0. The second kappa shape index (κ2) is 6.54. The minimum absolute atomic E-state index is 0.0455. The topological polar surface area (TPSA) is 45.1 Å². The van der Waals surface area contributed by atoms with E-state index in [2.05, 4.69) is 10.3 Å². The smallest absolute Gasteiger partial charge is 0.129 e. The number of pyridine rings is 1. The van der Waals surface area contributed by atoms with Gasteiger partial charge < -0.3 is 10.4 Å². The molecule has 0 saturated heterocycles. The van der Waals surface area contributed by atoms with E-state index in [1.54, 1.807) is 12.4 Å². The van der Waals surface area contributed by atoms with Crippen molar-refractivity contribution < 1.29 is 13.9 Å². The van der Waals surface area contributed by atoms with Crippen molar-refractivity contribution in [1.82, 2.24) is 10.3 Å². The molecular weight excluding hydrogens is 262 g/mol. The Kier molecular flexibility index (Phi) is 4.76. The summed E-state index contributed by atoms with van der Waals surface area (Å²) < 4.78 is 26.6. The number of hydrogen-bond donors (Lipinski definition) is 2. The van der Waals surface area contributed by atoms with Crippen molar-refractivity contribution in [1.29, 1.82) is 0 Å². The van der Waals surface area contributed by atoms with Gasteiger partial charge in [0.2, 0.25) is 0 Å². The van der Waals surface area contributed by atoms with Gasteiger partial charge in [0.15, 0.2) is 0 Å². The standard InChI is InChI=1S/C15H16F2N2O/c1-10(11-3-2-6-18-8-11)19-9-15(20)13-7-12(16)4-5-14(13)17/h2-8,10,15,19-20H,9H2,1H3/t10-,15?/m0/s1. The Hall–Kier alpha value is -1.85. The highest BCUT2D eigenvalue weighted by Crippen LogP contribution is 2.19. The molecule has 0 amide bonds. The van der Waals surface area contributed by atoms with Crippen LogP contribution in [0.25, 0.3) is 0 Å². The zero-order chi connectivity index (χ0) is 14.5. The summed E-state index contributed by atoms with van der Waals surface area (Å²) >= 11 is 0. The molecule has 1 aromatic heterocycles. The van der Waals surface area contributed by atoms with Crippen molar-refractivity contribution in [3.05, 3.63) is 65.5 Å². The zero-order valence-electron chi connectivity index (χ0n) is 11.1. The van der Waals surface area contributed by atoms with Crippen LogP contribution < -0.4 is 5.32 Å². The first-order valence-corrected chi connectivity index (χ1v) is 6.34. The van der Waals surface area contributed by atoms with Crippen LogP contribution in [0.4, 0.5) is 8.78 Å². The minimum Gasteiger partial charge on any atom is -0.387 e. The van der Waals surface area contributed by atoms with Gasteiger partial charge in [-0.15, -0.1) is 0 Å². The molecule has 2 atom stereocenters. The molecule has 0 aliphatic heterocycles. The maximum Gasteiger partial charge on any atom is 0.129 e. The number of aromatic nitrogens is 1. The van der Waals surface area contributed by atoms with Crippen LogP contribution in [-0.2, 0) is 0 Å². The average Bonchev–Trinajstić information content (AvgIpc) is 2.47. The van der Waals surface area contributed by atoms with E-state index in [0.29, 0.717) is 0 Å². The van der Waals surface area contributed by atoms with Crippen LogP contribution in [0.2, 0.25) is 0 Å². The maximum atomic E-state index is 13.5. The predicted octanol–water partition coefficient (Wildman–Crippen LogP) is 2.74. The van der Waals surface area contributed by atoms with Gasteiger partial charge in [-0.3, -0.25) is 4.98 Å². The fourth-order valence-electron chi connectivity index (χ4n) is 1.92. The summed E-state index contributed by atoms with van der Waals surface area (Å²) in [6.07, 6.45) is 2.28. The molecule has 0 spiro atoms. The van der Waals surface area contributed by atoms with Crippen molar-refractivity contribution in [2.75, 3.05) is 6.54 Å². The van der Waals surface area contributed by atoms with Crippen molar-refractivity contribution in [3.8, 4) is 0 Å². The minimum atomic E-state index is -1.11. The van der Waals surface area contributed by atoms with E-state index < -0.39 is 17.7 Å². The molecule has 0 radical (unpaired) electrons. The number of benzene rings is 1. The summed E-state index contributed by atoms with van der Waals surface area (Å²) in [4.78, 5) is 4.00. The van der Waals surface area contributed by atoms with Gasteiger partial charge in [-0.05, 0) is 36.8 Å². The second-order valence-electron chi connectivity index (χ2n) is 4.60. The molecule has 2 rings (SSSR count). The SMILES string of the molecule is C[C@H](NCC(O)c1cc(F)ccc1F)c1cccnc1. The first kappa shape index (κ1) is 14.6. The molecule has 106 valence electrons. The fraction of sp³-hybridized carbons (Fsp3) is 0.267. The Balaban J connectivity index is 1.98. The lowest BCUT2D eigenvalue weighted by molar-refractivity contribution is 0.165. The molecular formula is C15H16F2N2O. The molecule has 5 heteroatoms. The zero-order valence-corrected chi connectivity index (χ0v) is 11.1. The lowest BCUT2D eigenvalue weighted by Crippen LogP contribution is -2.25. The Morgan fingerprint density at radius 2 is 2.10 bits per heavy atom. The number of nitrogens with zero attached hydrogens (tertiary/aromatic N) is 1. The Morgan fingerprint density at radius 1 is 1.30 bits per heavy atom. The normalized spacial score (nSPS) is 14.0. The molecule has 1 unspecified atom stereocenters. The molecule has 0 bridgehead atoms. The number of aliphatic hydroxyl groups is 1. The number of rotatable bonds is 5. The molecule has 3 nitrogen and oxygen atoms in total. The van der Waals surface area contributed by atoms with E-state index in [-0.39, 0.29) is 18.2 Å². The van der Waals surface area contributed by atoms with Gasteiger partial charge in [-0.2, -0.15) is 0 Å². The highest BCUT2D eigenvalue weighted by Gasteiger charge is 2.15. The van der Waals surface area contributed by atoms with Crippen LogP contribution >= 0.6 is 0 Å². The number of nitrogens with one attached hydrogen (secondary N) is 1. The van der Waals surface area contributed by atoms with Gasteiger partial charge in [0.05, 0.1) is 6.10 Å². The molecule has 0 aliphatic rings. The second-order valence-corrected chi connectivity index (χ2v) is 4.60. The summed E-state index contributed by atoms with van der Waals surface area (Å²) in [6, 6.07) is 6.72. The van der Waals surface area contributed by atoms with Crippen molar-refractivity contribution >= 4 is 0 Å². The lowest BCUT2D eigenvalue weighted by atomic mass is 10.1. The summed E-state index contributed by atoms with van der Waals surface area (Å²) in [6.45, 7) is 2.03. The van der Waals surface area contributed by atoms with Gasteiger partial charge >= 0.3 is 0 Å². The first-order chi connectivity index (χ1) is 9.58. The van der Waals surface area contributed by atoms with Crippen LogP contribution in [0.1, 0.15) is 30.2 Å². The van der Waals surface area contributed by atoms with Crippen molar-refractivity contribution in [2.24, 2.45) is 0 Å². The van der Waals surface area contributed by atoms with Crippen LogP contribution in [-0.4, -0.2) is 16.6 Å². The van der Waals surface area contributed by atoms with Crippen molar-refractivity contribution in [3.63, 3.8) is 0 Å². The van der Waals surface area contributed by atoms with Crippen LogP contribution in [0.15, 0.2) is 42.7 Å². The van der Waals surface area contributed by atoms with Gasteiger partial charge in [-0.25, -0.2) is 8.78 Å². The molecule has 1 heterocycles. The van der Waals surface area contributed by atoms with Gasteiger partial charge in [0, 0.05) is 30.5 Å². The van der Waals surface area contributed by atoms with Crippen LogP contribution in [0.5, 0.6) is 0 Å². The van der Waals surface area contributed by atoms with Crippen LogP contribution in [0.3, 0.4) is 0 Å². The molecule has 0 saturated carbocycles. The maximum absolute atomic E-state index is 13.5. The van der Waals surface area contributed by atoms with Gasteiger partial charge in [0.25, 0.3) is 0 Å². The van der Waals surface area contributed by atoms with Gasteiger partial charge in [0.1, 0.15) is 11.6 Å². The quantitative estimate of drug-likeness (QED) is 0.884. The third kappa shape index (κ3) is 3.59. The summed E-state index contributed by atoms with van der Waals surface area (Å²) in [5, 5.41) is 13.0. The monoisotopic (exact) mass is 278 g/mol. The number of hydrogen-bond acceptors (Lipinski definition) is 3. The Morgan fingerprint density at radius 3 is 2.80 bits per heavy atom. The molecule has 2 N–H and O–H groups in total. The average molecular weight is 278 g/mol. The summed E-state index contributed by atoms with van der Waals surface area (Å²) in [5.41, 5.74) is 0.912. The van der Waals surface area contributed by atoms with E-state index in [9.17, 15) is 13.9 Å². The van der Waals surface area contributed by atoms with Gasteiger partial charge in [-0.1, -0.05) is 6.07 Å². The van der Waals surface area contributed by atoms with E-state index in [4.69, 9.17) is 0 Å². The third-order valence-electron chi connectivity index (χ3n) is 3.12. The Labute approximate surface area is 116 Å². The first-order valence-electron chi connectivity index (χ1n) is 6.34. The lowest BCUT2D eigenvalue weighted by Gasteiger charge is -2.18. The van der Waals surface area contributed by atoms with Crippen molar-refractivity contribution in [2.45, 2.75) is 19.1 Å². The number of halogens is 2. The predicted molar refractivity (Wildman–Crippen MR) is 72.0 cm³/mol.